The Morgan fingerprint density at radius 1 is 0.808 bits per heavy atom. The SMILES string of the molecule is COc1ccc(CN(C)S(=O)(=O)c2ccc3cc(OC)ccc3c2)cc1. The third kappa shape index (κ3) is 3.66. The highest BCUT2D eigenvalue weighted by Gasteiger charge is 2.21. The summed E-state index contributed by atoms with van der Waals surface area (Å²) in [5.74, 6) is 1.48. The first-order chi connectivity index (χ1) is 12.4. The second-order valence-corrected chi connectivity index (χ2v) is 8.03. The van der Waals surface area contributed by atoms with Gasteiger partial charge in [0.05, 0.1) is 19.1 Å². The molecule has 0 saturated carbocycles. The number of rotatable bonds is 6. The number of ether oxygens (including phenoxy) is 2. The van der Waals surface area contributed by atoms with Crippen LogP contribution in [0.25, 0.3) is 10.8 Å². The first-order valence-corrected chi connectivity index (χ1v) is 9.55. The Hall–Kier alpha value is -2.57. The fourth-order valence-corrected chi connectivity index (χ4v) is 3.94. The number of nitrogens with zero attached hydrogens (tertiary/aromatic N) is 1. The van der Waals surface area contributed by atoms with E-state index in [1.54, 1.807) is 39.5 Å². The van der Waals surface area contributed by atoms with E-state index in [4.69, 9.17) is 9.47 Å². The molecule has 5 nitrogen and oxygen atoms in total. The molecule has 0 aromatic heterocycles. The Kier molecular flexibility index (Phi) is 5.15. The molecule has 136 valence electrons. The predicted molar refractivity (Wildman–Crippen MR) is 102 cm³/mol. The second kappa shape index (κ2) is 7.35. The van der Waals surface area contributed by atoms with E-state index in [1.807, 2.05) is 42.5 Å². The Morgan fingerprint density at radius 2 is 1.38 bits per heavy atom. The van der Waals surface area contributed by atoms with Gasteiger partial charge in [0.25, 0.3) is 0 Å². The maximum Gasteiger partial charge on any atom is 0.243 e. The maximum atomic E-state index is 12.9. The lowest BCUT2D eigenvalue weighted by Crippen LogP contribution is -2.26. The van der Waals surface area contributed by atoms with E-state index >= 15 is 0 Å². The Bertz CT molecular complexity index is 1010. The molecule has 3 aromatic carbocycles. The summed E-state index contributed by atoms with van der Waals surface area (Å²) in [7, 11) is 1.20. The molecule has 0 fully saturated rings. The van der Waals surface area contributed by atoms with Crippen molar-refractivity contribution in [2.45, 2.75) is 11.4 Å². The van der Waals surface area contributed by atoms with Crippen LogP contribution in [-0.4, -0.2) is 34.0 Å². The molecule has 0 amide bonds. The van der Waals surface area contributed by atoms with Crippen LogP contribution < -0.4 is 9.47 Å². The van der Waals surface area contributed by atoms with Gasteiger partial charge in [-0.1, -0.05) is 24.3 Å². The molecule has 3 aromatic rings. The third-order valence-electron chi connectivity index (χ3n) is 4.29. The molecule has 3 rings (SSSR count). The third-order valence-corrected chi connectivity index (χ3v) is 6.09. The molecule has 0 aliphatic rings. The van der Waals surface area contributed by atoms with Gasteiger partial charge in [0.2, 0.25) is 10.0 Å². The van der Waals surface area contributed by atoms with Crippen molar-refractivity contribution in [2.24, 2.45) is 0 Å². The van der Waals surface area contributed by atoms with E-state index in [0.717, 1.165) is 27.8 Å². The largest absolute Gasteiger partial charge is 0.497 e. The molecule has 26 heavy (non-hydrogen) atoms. The lowest BCUT2D eigenvalue weighted by Gasteiger charge is -2.18. The van der Waals surface area contributed by atoms with E-state index in [2.05, 4.69) is 0 Å². The van der Waals surface area contributed by atoms with E-state index < -0.39 is 10.0 Å². The fourth-order valence-electron chi connectivity index (χ4n) is 2.74. The maximum absolute atomic E-state index is 12.9. The highest BCUT2D eigenvalue weighted by atomic mass is 32.2. The van der Waals surface area contributed by atoms with Gasteiger partial charge in [0.1, 0.15) is 11.5 Å². The van der Waals surface area contributed by atoms with Gasteiger partial charge < -0.3 is 9.47 Å². The minimum atomic E-state index is -3.59. The van der Waals surface area contributed by atoms with E-state index in [0.29, 0.717) is 0 Å². The van der Waals surface area contributed by atoms with Gasteiger partial charge >= 0.3 is 0 Å². The van der Waals surface area contributed by atoms with Crippen LogP contribution in [0.2, 0.25) is 0 Å². The smallest absolute Gasteiger partial charge is 0.243 e. The predicted octanol–water partition coefficient (Wildman–Crippen LogP) is 3.68. The lowest BCUT2D eigenvalue weighted by molar-refractivity contribution is 0.414. The van der Waals surface area contributed by atoms with Crippen molar-refractivity contribution in [1.29, 1.82) is 0 Å². The zero-order valence-electron chi connectivity index (χ0n) is 15.0. The van der Waals surface area contributed by atoms with Crippen molar-refractivity contribution in [1.82, 2.24) is 4.31 Å². The summed E-state index contributed by atoms with van der Waals surface area (Å²) in [6.07, 6.45) is 0. The molecule has 0 saturated heterocycles. The minimum absolute atomic E-state index is 0.270. The molecule has 0 unspecified atom stereocenters. The average Bonchev–Trinajstić information content (AvgIpc) is 2.67. The van der Waals surface area contributed by atoms with E-state index in [-0.39, 0.29) is 11.4 Å². The van der Waals surface area contributed by atoms with Crippen LogP contribution in [-0.2, 0) is 16.6 Å². The van der Waals surface area contributed by atoms with Crippen molar-refractivity contribution in [2.75, 3.05) is 21.3 Å². The van der Waals surface area contributed by atoms with Crippen molar-refractivity contribution in [3.05, 3.63) is 66.2 Å². The zero-order valence-corrected chi connectivity index (χ0v) is 15.8. The van der Waals surface area contributed by atoms with E-state index in [9.17, 15) is 8.42 Å². The first kappa shape index (κ1) is 18.2. The molecule has 0 heterocycles. The van der Waals surface area contributed by atoms with Crippen LogP contribution in [0.3, 0.4) is 0 Å². The Balaban J connectivity index is 1.86. The standard InChI is InChI=1S/C20H21NO4S/c1-21(14-15-4-8-18(24-2)9-5-15)26(22,23)20-11-7-16-12-19(25-3)10-6-17(16)13-20/h4-13H,14H2,1-3H3. The summed E-state index contributed by atoms with van der Waals surface area (Å²) in [5.41, 5.74) is 0.891. The van der Waals surface area contributed by atoms with Gasteiger partial charge in [-0.05, 0) is 52.7 Å². The van der Waals surface area contributed by atoms with Crippen LogP contribution in [0, 0.1) is 0 Å². The van der Waals surface area contributed by atoms with Gasteiger partial charge in [0, 0.05) is 13.6 Å². The molecule has 0 aliphatic heterocycles. The van der Waals surface area contributed by atoms with Gasteiger partial charge in [0.15, 0.2) is 0 Å². The van der Waals surface area contributed by atoms with Crippen LogP contribution >= 0.6 is 0 Å². The summed E-state index contributed by atoms with van der Waals surface area (Å²) >= 11 is 0. The monoisotopic (exact) mass is 371 g/mol. The van der Waals surface area contributed by atoms with Crippen LogP contribution in [0.4, 0.5) is 0 Å². The fraction of sp³-hybridized carbons (Fsp3) is 0.200. The van der Waals surface area contributed by atoms with Gasteiger partial charge in [-0.2, -0.15) is 4.31 Å². The van der Waals surface area contributed by atoms with Crippen molar-refractivity contribution in [3.63, 3.8) is 0 Å². The van der Waals surface area contributed by atoms with Gasteiger partial charge in [-0.25, -0.2) is 8.42 Å². The summed E-state index contributed by atoms with van der Waals surface area (Å²) in [6.45, 7) is 0.285. The molecular weight excluding hydrogens is 350 g/mol. The summed E-state index contributed by atoms with van der Waals surface area (Å²) in [6, 6.07) is 18.0. The average molecular weight is 371 g/mol. The lowest BCUT2D eigenvalue weighted by atomic mass is 10.1. The van der Waals surface area contributed by atoms with E-state index in [1.165, 1.54) is 4.31 Å². The second-order valence-electron chi connectivity index (χ2n) is 5.98. The summed E-state index contributed by atoms with van der Waals surface area (Å²) in [4.78, 5) is 0.270. The topological polar surface area (TPSA) is 55.8 Å². The molecule has 0 atom stereocenters. The first-order valence-electron chi connectivity index (χ1n) is 8.11. The summed E-state index contributed by atoms with van der Waals surface area (Å²) < 4.78 is 37.5. The Morgan fingerprint density at radius 3 is 2.04 bits per heavy atom. The van der Waals surface area contributed by atoms with Crippen molar-refractivity contribution >= 4 is 20.8 Å². The number of benzene rings is 3. The Labute approximate surface area is 153 Å². The van der Waals surface area contributed by atoms with Crippen LogP contribution in [0.15, 0.2) is 65.6 Å². The highest BCUT2D eigenvalue weighted by molar-refractivity contribution is 7.89. The van der Waals surface area contributed by atoms with Crippen molar-refractivity contribution < 1.29 is 17.9 Å². The molecule has 0 spiro atoms. The van der Waals surface area contributed by atoms with Crippen LogP contribution in [0.5, 0.6) is 11.5 Å². The molecule has 6 heteroatoms. The molecule has 0 aliphatic carbocycles. The number of fused-ring (bicyclic) bond motifs is 1. The minimum Gasteiger partial charge on any atom is -0.497 e. The number of sulfonamides is 1. The normalized spacial score (nSPS) is 11.7. The number of hydrogen-bond donors (Lipinski definition) is 0. The van der Waals surface area contributed by atoms with Crippen molar-refractivity contribution in [3.8, 4) is 11.5 Å². The van der Waals surface area contributed by atoms with Gasteiger partial charge in [-0.15, -0.1) is 0 Å². The molecule has 0 radical (unpaired) electrons. The van der Waals surface area contributed by atoms with Gasteiger partial charge in [-0.3, -0.25) is 0 Å². The number of hydrogen-bond acceptors (Lipinski definition) is 4. The quantitative estimate of drug-likeness (QED) is 0.663. The number of methoxy groups -OCH3 is 2. The van der Waals surface area contributed by atoms with Crippen LogP contribution in [0.1, 0.15) is 5.56 Å². The highest BCUT2D eigenvalue weighted by Crippen LogP contribution is 2.25. The zero-order chi connectivity index (χ0) is 18.7. The molecule has 0 N–H and O–H groups in total. The summed E-state index contributed by atoms with van der Waals surface area (Å²) in [5, 5.41) is 1.78. The molecule has 0 bridgehead atoms. The molecular formula is C20H21NO4S.